The fourth-order valence-corrected chi connectivity index (χ4v) is 4.79. The van der Waals surface area contributed by atoms with Crippen LogP contribution in [0.3, 0.4) is 0 Å². The fourth-order valence-electron chi connectivity index (χ4n) is 4.79. The number of carbonyl (C=O) groups is 2. The molecule has 1 saturated heterocycles. The third-order valence-electron chi connectivity index (χ3n) is 6.65. The quantitative estimate of drug-likeness (QED) is 0.640. The van der Waals surface area contributed by atoms with Gasteiger partial charge in [-0.05, 0) is 38.5 Å². The van der Waals surface area contributed by atoms with E-state index >= 15 is 0 Å². The molecule has 0 spiro atoms. The highest BCUT2D eigenvalue weighted by Gasteiger charge is 2.52. The zero-order chi connectivity index (χ0) is 19.5. The van der Waals surface area contributed by atoms with Crippen molar-refractivity contribution in [2.75, 3.05) is 33.4 Å². The Labute approximate surface area is 159 Å². The number of halogens is 1. The van der Waals surface area contributed by atoms with E-state index in [0.717, 1.165) is 38.5 Å². The Morgan fingerprint density at radius 1 is 1.26 bits per heavy atom. The Hall–Kier alpha value is -1.72. The summed E-state index contributed by atoms with van der Waals surface area (Å²) in [5, 5.41) is 15.5. The number of fused-ring (bicyclic) bond motifs is 3. The molecule has 2 N–H and O–H groups in total. The summed E-state index contributed by atoms with van der Waals surface area (Å²) in [7, 11) is 1.61. The number of carbonyl (C=O) groups excluding carboxylic acids is 2. The van der Waals surface area contributed by atoms with Crippen LogP contribution in [0.5, 0.6) is 0 Å². The van der Waals surface area contributed by atoms with Gasteiger partial charge in [0.1, 0.15) is 12.2 Å². The number of alkyl halides is 1. The summed E-state index contributed by atoms with van der Waals surface area (Å²) in [5.74, 6) is -0.0948. The summed E-state index contributed by atoms with van der Waals surface area (Å²) in [4.78, 5) is 26.4. The molecule has 2 amide bonds. The van der Waals surface area contributed by atoms with Gasteiger partial charge in [-0.2, -0.15) is 5.26 Å². The molecule has 27 heavy (non-hydrogen) atoms. The van der Waals surface area contributed by atoms with E-state index in [1.165, 1.54) is 4.90 Å². The lowest BCUT2D eigenvalue weighted by Crippen LogP contribution is -2.60. The fraction of sp³-hybridized carbons (Fsp3) is 0.842. The van der Waals surface area contributed by atoms with Gasteiger partial charge < -0.3 is 20.3 Å². The van der Waals surface area contributed by atoms with E-state index in [1.807, 2.05) is 6.07 Å². The maximum absolute atomic E-state index is 13.5. The third kappa shape index (κ3) is 4.09. The zero-order valence-electron chi connectivity index (χ0n) is 15.9. The van der Waals surface area contributed by atoms with Crippen molar-refractivity contribution < 1.29 is 18.7 Å². The summed E-state index contributed by atoms with van der Waals surface area (Å²) < 4.78 is 18.5. The van der Waals surface area contributed by atoms with Crippen LogP contribution in [0, 0.1) is 16.7 Å². The smallest absolute Gasteiger partial charge is 0.237 e. The maximum Gasteiger partial charge on any atom is 0.237 e. The minimum atomic E-state index is -1.11. The number of nitrogens with one attached hydrogen (secondary N) is 2. The van der Waals surface area contributed by atoms with Gasteiger partial charge in [0.15, 0.2) is 0 Å². The van der Waals surface area contributed by atoms with E-state index in [2.05, 4.69) is 10.6 Å². The van der Waals surface area contributed by atoms with Gasteiger partial charge >= 0.3 is 0 Å². The Morgan fingerprint density at radius 3 is 2.52 bits per heavy atom. The average molecular weight is 380 g/mol. The molecule has 2 atom stereocenters. The number of hydrogen-bond acceptors (Lipinski definition) is 5. The SMILES string of the molecule is COCCNC(=O)C12CCC(NCC(=O)N3CC(F)CC3C#N)(CC1)CC2. The van der Waals surface area contributed by atoms with Gasteiger partial charge in [0.25, 0.3) is 0 Å². The van der Waals surface area contributed by atoms with Crippen molar-refractivity contribution in [1.29, 1.82) is 5.26 Å². The molecule has 8 heteroatoms. The number of amides is 2. The van der Waals surface area contributed by atoms with Crippen LogP contribution in [0.2, 0.25) is 0 Å². The molecule has 0 radical (unpaired) electrons. The largest absolute Gasteiger partial charge is 0.383 e. The van der Waals surface area contributed by atoms with Gasteiger partial charge in [-0.25, -0.2) is 4.39 Å². The van der Waals surface area contributed by atoms with Gasteiger partial charge in [-0.15, -0.1) is 0 Å². The molecule has 4 fully saturated rings. The highest BCUT2D eigenvalue weighted by atomic mass is 19.1. The summed E-state index contributed by atoms with van der Waals surface area (Å²) in [6, 6.07) is 1.36. The van der Waals surface area contributed by atoms with E-state index < -0.39 is 12.2 Å². The summed E-state index contributed by atoms with van der Waals surface area (Å²) in [6.07, 6.45) is 3.98. The Kier molecular flexibility index (Phi) is 6.02. The van der Waals surface area contributed by atoms with Crippen LogP contribution in [-0.4, -0.2) is 67.8 Å². The van der Waals surface area contributed by atoms with Crippen molar-refractivity contribution in [3.63, 3.8) is 0 Å². The molecule has 1 aliphatic heterocycles. The molecule has 0 aromatic heterocycles. The molecule has 7 nitrogen and oxygen atoms in total. The van der Waals surface area contributed by atoms with E-state index in [4.69, 9.17) is 10.00 Å². The van der Waals surface area contributed by atoms with E-state index in [9.17, 15) is 14.0 Å². The lowest BCUT2D eigenvalue weighted by Gasteiger charge is -2.52. The predicted octanol–water partition coefficient (Wildman–Crippen LogP) is 0.894. The normalized spacial score (nSPS) is 35.1. The van der Waals surface area contributed by atoms with Crippen LogP contribution in [0.15, 0.2) is 0 Å². The summed E-state index contributed by atoms with van der Waals surface area (Å²) >= 11 is 0. The molecule has 1 heterocycles. The molecule has 0 aromatic carbocycles. The van der Waals surface area contributed by atoms with Crippen LogP contribution in [0.25, 0.3) is 0 Å². The van der Waals surface area contributed by atoms with Crippen molar-refractivity contribution >= 4 is 11.8 Å². The summed E-state index contributed by atoms with van der Waals surface area (Å²) in [5.41, 5.74) is -0.412. The predicted molar refractivity (Wildman–Crippen MR) is 96.4 cm³/mol. The highest BCUT2D eigenvalue weighted by Crippen LogP contribution is 2.52. The molecule has 0 aromatic rings. The summed E-state index contributed by atoms with van der Waals surface area (Å²) in [6.45, 7) is 1.17. The average Bonchev–Trinajstić information content (AvgIpc) is 3.08. The highest BCUT2D eigenvalue weighted by molar-refractivity contribution is 5.83. The molecule has 2 unspecified atom stereocenters. The number of nitriles is 1. The van der Waals surface area contributed by atoms with E-state index in [0.29, 0.717) is 13.2 Å². The van der Waals surface area contributed by atoms with Gasteiger partial charge in [-0.3, -0.25) is 9.59 Å². The minimum absolute atomic E-state index is 0.0104. The number of nitrogens with zero attached hydrogens (tertiary/aromatic N) is 2. The molecule has 3 aliphatic carbocycles. The standard InChI is InChI=1S/C19H29FN4O3/c1-27-9-8-22-17(26)18-2-5-19(6-3-18,7-4-18)23-12-16(25)24-13-14(20)10-15(24)11-21/h14-15,23H,2-10,12-13H2,1H3,(H,22,26). The Bertz CT molecular complexity index is 596. The molecule has 3 saturated carbocycles. The van der Waals surface area contributed by atoms with Crippen LogP contribution in [0.1, 0.15) is 44.9 Å². The van der Waals surface area contributed by atoms with E-state index in [1.54, 1.807) is 7.11 Å². The van der Waals surface area contributed by atoms with Crippen molar-refractivity contribution in [2.24, 2.45) is 5.41 Å². The van der Waals surface area contributed by atoms with Crippen LogP contribution < -0.4 is 10.6 Å². The lowest BCUT2D eigenvalue weighted by atomic mass is 9.57. The first kappa shape index (κ1) is 20.0. The molecule has 4 rings (SSSR count). The van der Waals surface area contributed by atoms with Crippen LogP contribution in [-0.2, 0) is 14.3 Å². The molecule has 150 valence electrons. The second kappa shape index (κ2) is 8.11. The monoisotopic (exact) mass is 380 g/mol. The first-order chi connectivity index (χ1) is 12.9. The Balaban J connectivity index is 1.50. The van der Waals surface area contributed by atoms with Crippen molar-refractivity contribution in [3.8, 4) is 6.07 Å². The van der Waals surface area contributed by atoms with Gasteiger partial charge in [0.2, 0.25) is 11.8 Å². The van der Waals surface area contributed by atoms with E-state index in [-0.39, 0.29) is 42.3 Å². The zero-order valence-corrected chi connectivity index (χ0v) is 15.9. The number of methoxy groups -OCH3 is 1. The number of likely N-dealkylation sites (tertiary alicyclic amines) is 1. The Morgan fingerprint density at radius 2 is 1.93 bits per heavy atom. The maximum atomic E-state index is 13.5. The van der Waals surface area contributed by atoms with Crippen LogP contribution >= 0.6 is 0 Å². The van der Waals surface area contributed by atoms with Gasteiger partial charge in [0, 0.05) is 31.0 Å². The minimum Gasteiger partial charge on any atom is -0.383 e. The second-order valence-electron chi connectivity index (χ2n) is 8.19. The molecule has 4 aliphatic rings. The first-order valence-corrected chi connectivity index (χ1v) is 9.79. The van der Waals surface area contributed by atoms with Crippen molar-refractivity contribution in [3.05, 3.63) is 0 Å². The molecular formula is C19H29FN4O3. The van der Waals surface area contributed by atoms with Gasteiger partial charge in [-0.1, -0.05) is 0 Å². The second-order valence-corrected chi connectivity index (χ2v) is 8.19. The van der Waals surface area contributed by atoms with Crippen LogP contribution in [0.4, 0.5) is 4.39 Å². The molecule has 2 bridgehead atoms. The van der Waals surface area contributed by atoms with Gasteiger partial charge in [0.05, 0.1) is 25.8 Å². The van der Waals surface area contributed by atoms with Crippen molar-refractivity contribution in [2.45, 2.75) is 62.7 Å². The first-order valence-electron chi connectivity index (χ1n) is 9.79. The lowest BCUT2D eigenvalue weighted by molar-refractivity contribution is -0.139. The number of ether oxygens (including phenoxy) is 1. The van der Waals surface area contributed by atoms with Crippen molar-refractivity contribution in [1.82, 2.24) is 15.5 Å². The number of rotatable bonds is 7. The topological polar surface area (TPSA) is 94.5 Å². The third-order valence-corrected chi connectivity index (χ3v) is 6.65. The molecular weight excluding hydrogens is 351 g/mol. The number of hydrogen-bond donors (Lipinski definition) is 2.